The molecule has 20 heavy (non-hydrogen) atoms. The molecule has 1 aromatic heterocycles. The largest absolute Gasteiger partial charge is 0.385 e. The van der Waals surface area contributed by atoms with Crippen LogP contribution in [0.1, 0.15) is 37.1 Å². The van der Waals surface area contributed by atoms with Crippen LogP contribution in [0.15, 0.2) is 30.3 Å². The third kappa shape index (κ3) is 3.78. The van der Waals surface area contributed by atoms with E-state index in [0.29, 0.717) is 6.04 Å². The molecule has 2 rings (SSSR count). The fourth-order valence-electron chi connectivity index (χ4n) is 2.53. The van der Waals surface area contributed by atoms with Gasteiger partial charge in [0.2, 0.25) is 0 Å². The maximum atomic E-state index is 5.15. The van der Waals surface area contributed by atoms with E-state index in [1.807, 2.05) is 6.92 Å². The zero-order valence-electron chi connectivity index (χ0n) is 12.6. The number of nitrogens with one attached hydrogen (secondary N) is 1. The molecule has 0 saturated carbocycles. The minimum atomic E-state index is 0.390. The highest BCUT2D eigenvalue weighted by Crippen LogP contribution is 2.23. The highest BCUT2D eigenvalue weighted by atomic mass is 16.5. The molecule has 0 aliphatic carbocycles. The first-order valence-electron chi connectivity index (χ1n) is 7.34. The molecule has 0 saturated heterocycles. The number of hydrogen-bond acceptors (Lipinski definition) is 3. The van der Waals surface area contributed by atoms with Gasteiger partial charge in [-0.1, -0.05) is 19.1 Å². The van der Waals surface area contributed by atoms with Gasteiger partial charge in [0.05, 0.1) is 5.52 Å². The van der Waals surface area contributed by atoms with Gasteiger partial charge in [0, 0.05) is 30.8 Å². The van der Waals surface area contributed by atoms with E-state index >= 15 is 0 Å². The first-order chi connectivity index (χ1) is 9.74. The summed E-state index contributed by atoms with van der Waals surface area (Å²) >= 11 is 0. The minimum Gasteiger partial charge on any atom is -0.385 e. The Morgan fingerprint density at radius 2 is 2.10 bits per heavy atom. The molecule has 1 atom stereocenters. The van der Waals surface area contributed by atoms with Crippen LogP contribution in [-0.4, -0.2) is 25.2 Å². The Kier molecular flexibility index (Phi) is 5.50. The monoisotopic (exact) mass is 272 g/mol. The maximum absolute atomic E-state index is 5.15. The van der Waals surface area contributed by atoms with E-state index in [4.69, 9.17) is 4.74 Å². The van der Waals surface area contributed by atoms with Crippen molar-refractivity contribution >= 4 is 10.9 Å². The summed E-state index contributed by atoms with van der Waals surface area (Å²) in [7, 11) is 1.76. The molecule has 1 N–H and O–H groups in total. The number of ether oxygens (including phenoxy) is 1. The van der Waals surface area contributed by atoms with Crippen molar-refractivity contribution in [2.45, 2.75) is 32.7 Å². The smallest absolute Gasteiger partial charge is 0.0705 e. The maximum Gasteiger partial charge on any atom is 0.0705 e. The first kappa shape index (κ1) is 14.9. The summed E-state index contributed by atoms with van der Waals surface area (Å²) in [5.74, 6) is 0. The van der Waals surface area contributed by atoms with E-state index < -0.39 is 0 Å². The van der Waals surface area contributed by atoms with Gasteiger partial charge in [-0.25, -0.2) is 0 Å². The van der Waals surface area contributed by atoms with E-state index in [2.05, 4.69) is 47.6 Å². The van der Waals surface area contributed by atoms with Crippen LogP contribution in [0, 0.1) is 6.92 Å². The van der Waals surface area contributed by atoms with E-state index in [-0.39, 0.29) is 0 Å². The minimum absolute atomic E-state index is 0.390. The van der Waals surface area contributed by atoms with Crippen LogP contribution in [0.25, 0.3) is 10.9 Å². The number of aryl methyl sites for hydroxylation is 1. The average Bonchev–Trinajstić information content (AvgIpc) is 2.46. The van der Waals surface area contributed by atoms with Crippen molar-refractivity contribution in [3.8, 4) is 0 Å². The summed E-state index contributed by atoms with van der Waals surface area (Å²) in [5.41, 5.74) is 3.47. The Bertz CT molecular complexity index is 554. The molecule has 1 unspecified atom stereocenters. The van der Waals surface area contributed by atoms with Gasteiger partial charge in [0.1, 0.15) is 0 Å². The zero-order valence-corrected chi connectivity index (χ0v) is 12.6. The molecule has 0 amide bonds. The molecule has 2 aromatic rings. The van der Waals surface area contributed by atoms with Crippen molar-refractivity contribution in [1.29, 1.82) is 0 Å². The highest BCUT2D eigenvalue weighted by Gasteiger charge is 2.10. The SMILES string of the molecule is CCNC(CCCOC)c1ccc2nc(C)ccc2c1. The van der Waals surface area contributed by atoms with Crippen LogP contribution in [-0.2, 0) is 4.74 Å². The zero-order chi connectivity index (χ0) is 14.4. The van der Waals surface area contributed by atoms with E-state index in [1.54, 1.807) is 7.11 Å². The third-order valence-electron chi connectivity index (χ3n) is 3.55. The first-order valence-corrected chi connectivity index (χ1v) is 7.34. The second-order valence-electron chi connectivity index (χ2n) is 5.15. The molecule has 0 radical (unpaired) electrons. The molecular weight excluding hydrogens is 248 g/mol. The lowest BCUT2D eigenvalue weighted by atomic mass is 10.00. The number of hydrogen-bond donors (Lipinski definition) is 1. The summed E-state index contributed by atoms with van der Waals surface area (Å²) in [4.78, 5) is 4.56. The van der Waals surface area contributed by atoms with Crippen molar-refractivity contribution in [3.63, 3.8) is 0 Å². The van der Waals surface area contributed by atoms with Crippen LogP contribution in [0.4, 0.5) is 0 Å². The normalized spacial score (nSPS) is 12.8. The second-order valence-corrected chi connectivity index (χ2v) is 5.15. The molecule has 3 heteroatoms. The third-order valence-corrected chi connectivity index (χ3v) is 3.55. The number of aromatic nitrogens is 1. The van der Waals surface area contributed by atoms with Gasteiger partial charge in [-0.2, -0.15) is 0 Å². The van der Waals surface area contributed by atoms with Crippen molar-refractivity contribution < 1.29 is 4.74 Å². The summed E-state index contributed by atoms with van der Waals surface area (Å²) in [6, 6.07) is 11.2. The van der Waals surface area contributed by atoms with Gasteiger partial charge in [-0.15, -0.1) is 0 Å². The topological polar surface area (TPSA) is 34.1 Å². The van der Waals surface area contributed by atoms with E-state index in [9.17, 15) is 0 Å². The summed E-state index contributed by atoms with van der Waals surface area (Å²) in [6.07, 6.45) is 2.16. The van der Waals surface area contributed by atoms with Crippen molar-refractivity contribution in [3.05, 3.63) is 41.6 Å². The van der Waals surface area contributed by atoms with Crippen LogP contribution < -0.4 is 5.32 Å². The second kappa shape index (κ2) is 7.36. The van der Waals surface area contributed by atoms with Crippen LogP contribution in [0.2, 0.25) is 0 Å². The quantitative estimate of drug-likeness (QED) is 0.782. The lowest BCUT2D eigenvalue weighted by Gasteiger charge is -2.18. The van der Waals surface area contributed by atoms with Crippen molar-refractivity contribution in [2.75, 3.05) is 20.3 Å². The molecule has 0 bridgehead atoms. The molecule has 1 heterocycles. The molecule has 3 nitrogen and oxygen atoms in total. The van der Waals surface area contributed by atoms with E-state index in [1.165, 1.54) is 10.9 Å². The lowest BCUT2D eigenvalue weighted by Crippen LogP contribution is -2.21. The predicted octanol–water partition coefficient (Wildman–Crippen LogP) is 3.62. The predicted molar refractivity (Wildman–Crippen MR) is 84.0 cm³/mol. The Morgan fingerprint density at radius 3 is 2.85 bits per heavy atom. The average molecular weight is 272 g/mol. The number of nitrogens with zero attached hydrogens (tertiary/aromatic N) is 1. The standard InChI is InChI=1S/C17H24N2O/c1-4-18-16(6-5-11-20-3)14-9-10-17-15(12-14)8-7-13(2)19-17/h7-10,12,16,18H,4-6,11H2,1-3H3. The molecule has 0 fully saturated rings. The molecule has 0 aliphatic rings. The number of benzene rings is 1. The fraction of sp³-hybridized carbons (Fsp3) is 0.471. The fourth-order valence-corrected chi connectivity index (χ4v) is 2.53. The van der Waals surface area contributed by atoms with Gasteiger partial charge < -0.3 is 10.1 Å². The van der Waals surface area contributed by atoms with Crippen LogP contribution in [0.5, 0.6) is 0 Å². The molecule has 0 spiro atoms. The summed E-state index contributed by atoms with van der Waals surface area (Å²) < 4.78 is 5.15. The number of pyridine rings is 1. The Balaban J connectivity index is 2.21. The van der Waals surface area contributed by atoms with Gasteiger partial charge in [-0.3, -0.25) is 4.98 Å². The molecule has 1 aromatic carbocycles. The van der Waals surface area contributed by atoms with Gasteiger partial charge in [-0.05, 0) is 50.1 Å². The number of fused-ring (bicyclic) bond motifs is 1. The molecule has 108 valence electrons. The molecule has 0 aliphatic heterocycles. The van der Waals surface area contributed by atoms with Crippen molar-refractivity contribution in [1.82, 2.24) is 10.3 Å². The summed E-state index contributed by atoms with van der Waals surface area (Å²) in [5, 5.41) is 4.77. The van der Waals surface area contributed by atoms with Crippen molar-refractivity contribution in [2.24, 2.45) is 0 Å². The van der Waals surface area contributed by atoms with Gasteiger partial charge >= 0.3 is 0 Å². The summed E-state index contributed by atoms with van der Waals surface area (Å²) in [6.45, 7) is 5.97. The number of methoxy groups -OCH3 is 1. The van der Waals surface area contributed by atoms with Crippen LogP contribution >= 0.6 is 0 Å². The number of rotatable bonds is 7. The lowest BCUT2D eigenvalue weighted by molar-refractivity contribution is 0.189. The Labute approximate surface area is 121 Å². The van der Waals surface area contributed by atoms with Gasteiger partial charge in [0.25, 0.3) is 0 Å². The Morgan fingerprint density at radius 1 is 1.25 bits per heavy atom. The van der Waals surface area contributed by atoms with Gasteiger partial charge in [0.15, 0.2) is 0 Å². The highest BCUT2D eigenvalue weighted by molar-refractivity contribution is 5.79. The van der Waals surface area contributed by atoms with Crippen LogP contribution in [0.3, 0.4) is 0 Å². The molecular formula is C17H24N2O. The Hall–Kier alpha value is -1.45. The van der Waals surface area contributed by atoms with E-state index in [0.717, 1.165) is 37.2 Å².